The maximum absolute atomic E-state index is 13.1. The van der Waals surface area contributed by atoms with Gasteiger partial charge in [0.2, 0.25) is 11.8 Å². The van der Waals surface area contributed by atoms with Gasteiger partial charge in [0, 0.05) is 68.6 Å². The lowest BCUT2D eigenvalue weighted by atomic mass is 9.83. The number of amides is 2. The smallest absolute Gasteiger partial charge is 0.255 e. The van der Waals surface area contributed by atoms with Crippen LogP contribution in [0.2, 0.25) is 0 Å². The molecule has 0 spiro atoms. The summed E-state index contributed by atoms with van der Waals surface area (Å²) in [7, 11) is 0. The predicted molar refractivity (Wildman–Crippen MR) is 109 cm³/mol. The molecular formula is C20H28N4O3S. The first-order chi connectivity index (χ1) is 13.5. The molecule has 2 atom stereocenters. The van der Waals surface area contributed by atoms with Crippen LogP contribution in [0.5, 0.6) is 0 Å². The van der Waals surface area contributed by atoms with Crippen molar-refractivity contribution < 1.29 is 9.59 Å². The fraction of sp³-hybridized carbons (Fsp3) is 0.650. The number of nitrogens with one attached hydrogen (secondary N) is 1. The Balaban J connectivity index is 1.51. The molecule has 2 fully saturated rings. The van der Waals surface area contributed by atoms with E-state index in [1.54, 1.807) is 11.8 Å². The van der Waals surface area contributed by atoms with Crippen molar-refractivity contribution in [3.8, 4) is 0 Å². The number of hydrogen-bond acceptors (Lipinski definition) is 5. The zero-order chi connectivity index (χ0) is 19.7. The largest absolute Gasteiger partial charge is 0.354 e. The van der Waals surface area contributed by atoms with Gasteiger partial charge in [0.15, 0.2) is 0 Å². The van der Waals surface area contributed by atoms with Gasteiger partial charge in [-0.2, -0.15) is 11.8 Å². The van der Waals surface area contributed by atoms with E-state index in [1.165, 1.54) is 0 Å². The van der Waals surface area contributed by atoms with E-state index in [1.807, 2.05) is 26.7 Å². The third kappa shape index (κ3) is 3.98. The molecule has 3 aliphatic heterocycles. The molecule has 0 radical (unpaired) electrons. The van der Waals surface area contributed by atoms with Gasteiger partial charge in [0.05, 0.1) is 6.54 Å². The number of fused-ring (bicyclic) bond motifs is 4. The number of carbonyl (C=O) groups is 2. The van der Waals surface area contributed by atoms with Crippen molar-refractivity contribution in [2.45, 2.75) is 31.8 Å². The Morgan fingerprint density at radius 2 is 2.11 bits per heavy atom. The van der Waals surface area contributed by atoms with Crippen molar-refractivity contribution in [2.75, 3.05) is 44.7 Å². The van der Waals surface area contributed by atoms with Gasteiger partial charge in [-0.1, -0.05) is 6.07 Å². The summed E-state index contributed by atoms with van der Waals surface area (Å²) in [5, 5.41) is 2.82. The van der Waals surface area contributed by atoms with E-state index < -0.39 is 0 Å². The molecule has 0 unspecified atom stereocenters. The van der Waals surface area contributed by atoms with Crippen LogP contribution >= 0.6 is 11.8 Å². The number of nitrogens with zero attached hydrogens (tertiary/aromatic N) is 3. The van der Waals surface area contributed by atoms with Gasteiger partial charge in [-0.3, -0.25) is 19.3 Å². The highest BCUT2D eigenvalue weighted by molar-refractivity contribution is 7.98. The molecule has 2 bridgehead atoms. The maximum Gasteiger partial charge on any atom is 0.255 e. The summed E-state index contributed by atoms with van der Waals surface area (Å²) in [5.74, 6) is 1.70. The number of aromatic nitrogens is 1. The molecule has 28 heavy (non-hydrogen) atoms. The molecule has 3 aliphatic rings. The third-order valence-corrected chi connectivity index (χ3v) is 6.68. The molecule has 2 saturated heterocycles. The number of likely N-dealkylation sites (tertiary alicyclic amines) is 1. The molecule has 0 aliphatic carbocycles. The Labute approximate surface area is 169 Å². The van der Waals surface area contributed by atoms with Crippen LogP contribution in [0.3, 0.4) is 0 Å². The van der Waals surface area contributed by atoms with Gasteiger partial charge in [-0.25, -0.2) is 0 Å². The quantitative estimate of drug-likeness (QED) is 0.773. The summed E-state index contributed by atoms with van der Waals surface area (Å²) >= 11 is 1.70. The summed E-state index contributed by atoms with van der Waals surface area (Å²) in [5.41, 5.74) is 1.88. The van der Waals surface area contributed by atoms with Gasteiger partial charge in [0.1, 0.15) is 0 Å². The van der Waals surface area contributed by atoms with Crippen molar-refractivity contribution in [1.29, 1.82) is 0 Å². The Morgan fingerprint density at radius 1 is 1.25 bits per heavy atom. The van der Waals surface area contributed by atoms with Crippen LogP contribution in [0, 0.1) is 5.92 Å². The van der Waals surface area contributed by atoms with E-state index >= 15 is 0 Å². The summed E-state index contributed by atoms with van der Waals surface area (Å²) in [4.78, 5) is 41.2. The highest BCUT2D eigenvalue weighted by atomic mass is 32.2. The SMILES string of the molecule is CSCCC(=O)N1C[C@@H]2C[C@H](C1)c1ccc(CN3CCNC(=O)C3)c(=O)n1C2. The lowest BCUT2D eigenvalue weighted by Gasteiger charge is -2.43. The van der Waals surface area contributed by atoms with Crippen molar-refractivity contribution in [3.63, 3.8) is 0 Å². The first-order valence-electron chi connectivity index (χ1n) is 10.0. The van der Waals surface area contributed by atoms with Gasteiger partial charge in [-0.15, -0.1) is 0 Å². The maximum atomic E-state index is 13.1. The molecule has 8 heteroatoms. The molecule has 4 rings (SSSR count). The van der Waals surface area contributed by atoms with Crippen molar-refractivity contribution in [1.82, 2.24) is 19.7 Å². The van der Waals surface area contributed by atoms with Crippen LogP contribution in [0.1, 0.15) is 30.0 Å². The van der Waals surface area contributed by atoms with E-state index in [9.17, 15) is 14.4 Å². The van der Waals surface area contributed by atoms with E-state index in [0.29, 0.717) is 38.5 Å². The molecule has 1 aromatic rings. The molecule has 7 nitrogen and oxygen atoms in total. The highest BCUT2D eigenvalue weighted by Gasteiger charge is 2.36. The van der Waals surface area contributed by atoms with Crippen molar-refractivity contribution >= 4 is 23.6 Å². The number of hydrogen-bond donors (Lipinski definition) is 1. The second-order valence-electron chi connectivity index (χ2n) is 8.10. The zero-order valence-corrected chi connectivity index (χ0v) is 17.2. The number of piperazine rings is 1. The fourth-order valence-corrected chi connectivity index (χ4v) is 5.11. The molecule has 152 valence electrons. The number of piperidine rings is 1. The average molecular weight is 405 g/mol. The number of thioether (sulfide) groups is 1. The number of rotatable bonds is 5. The van der Waals surface area contributed by atoms with Crippen LogP contribution in [-0.2, 0) is 22.7 Å². The van der Waals surface area contributed by atoms with Gasteiger partial charge in [0.25, 0.3) is 5.56 Å². The Bertz CT molecular complexity index is 824. The van der Waals surface area contributed by atoms with Crippen LogP contribution in [0.15, 0.2) is 16.9 Å². The van der Waals surface area contributed by atoms with Crippen LogP contribution < -0.4 is 10.9 Å². The van der Waals surface area contributed by atoms with Gasteiger partial charge in [-0.05, 0) is 24.7 Å². The zero-order valence-electron chi connectivity index (χ0n) is 16.4. The van der Waals surface area contributed by atoms with E-state index in [2.05, 4.69) is 11.4 Å². The van der Waals surface area contributed by atoms with E-state index in [4.69, 9.17) is 0 Å². The minimum atomic E-state index is 0.0186. The fourth-order valence-electron chi connectivity index (χ4n) is 4.73. The number of pyridine rings is 1. The lowest BCUT2D eigenvalue weighted by Crippen LogP contribution is -2.50. The Hall–Kier alpha value is -1.80. The van der Waals surface area contributed by atoms with Crippen LogP contribution in [0.4, 0.5) is 0 Å². The summed E-state index contributed by atoms with van der Waals surface area (Å²) < 4.78 is 1.93. The average Bonchev–Trinajstić information content (AvgIpc) is 2.68. The number of carbonyl (C=O) groups excluding carboxylic acids is 2. The molecule has 1 aromatic heterocycles. The molecular weight excluding hydrogens is 376 g/mol. The Kier molecular flexibility index (Phi) is 5.78. The van der Waals surface area contributed by atoms with E-state index in [-0.39, 0.29) is 23.3 Å². The van der Waals surface area contributed by atoms with Crippen LogP contribution in [0.25, 0.3) is 0 Å². The van der Waals surface area contributed by atoms with Gasteiger partial charge >= 0.3 is 0 Å². The van der Waals surface area contributed by atoms with Crippen LogP contribution in [-0.4, -0.2) is 70.9 Å². The second kappa shape index (κ2) is 8.29. The molecule has 1 N–H and O–H groups in total. The van der Waals surface area contributed by atoms with Crippen molar-refractivity contribution in [3.05, 3.63) is 33.7 Å². The Morgan fingerprint density at radius 3 is 2.89 bits per heavy atom. The summed E-state index contributed by atoms with van der Waals surface area (Å²) in [6.45, 7) is 4.42. The topological polar surface area (TPSA) is 74.7 Å². The van der Waals surface area contributed by atoms with Crippen molar-refractivity contribution in [2.24, 2.45) is 5.92 Å². The third-order valence-electron chi connectivity index (χ3n) is 6.07. The lowest BCUT2D eigenvalue weighted by molar-refractivity contribution is -0.133. The minimum Gasteiger partial charge on any atom is -0.354 e. The standard InChI is InChI=1S/C20H28N4O3S/c1-28-7-4-19(26)23-9-14-8-16(12-23)17-3-2-15(20(27)24(17)10-14)11-22-6-5-21-18(25)13-22/h2-3,14,16H,4-13H2,1H3,(H,21,25)/t14-,16+/m0/s1. The normalized spacial score (nSPS) is 24.6. The first kappa shape index (κ1) is 19.5. The second-order valence-corrected chi connectivity index (χ2v) is 9.09. The molecule has 0 aromatic carbocycles. The first-order valence-corrected chi connectivity index (χ1v) is 11.4. The molecule has 2 amide bonds. The molecule has 4 heterocycles. The summed E-state index contributed by atoms with van der Waals surface area (Å²) in [6.07, 6.45) is 3.67. The monoisotopic (exact) mass is 404 g/mol. The minimum absolute atomic E-state index is 0.0186. The molecule has 0 saturated carbocycles. The predicted octanol–water partition coefficient (Wildman–Crippen LogP) is 0.479. The van der Waals surface area contributed by atoms with E-state index in [0.717, 1.165) is 43.1 Å². The highest BCUT2D eigenvalue weighted by Crippen LogP contribution is 2.35. The van der Waals surface area contributed by atoms with Gasteiger partial charge < -0.3 is 14.8 Å². The summed E-state index contributed by atoms with van der Waals surface area (Å²) in [6, 6.07) is 3.99.